The van der Waals surface area contributed by atoms with Crippen LogP contribution in [0.25, 0.3) is 0 Å². The van der Waals surface area contributed by atoms with E-state index in [1.807, 2.05) is 50.3 Å². The fraction of sp³-hybridized carbons (Fsp3) is 0.474. The lowest BCUT2D eigenvalue weighted by molar-refractivity contribution is -0.152. The zero-order valence-corrected chi connectivity index (χ0v) is 13.9. The van der Waals surface area contributed by atoms with Gasteiger partial charge in [0.25, 0.3) is 0 Å². The Morgan fingerprint density at radius 3 is 2.83 bits per heavy atom. The first-order valence-corrected chi connectivity index (χ1v) is 8.47. The second kappa shape index (κ2) is 5.45. The van der Waals surface area contributed by atoms with E-state index in [-0.39, 0.29) is 18.0 Å². The number of amides is 1. The normalized spacial score (nSPS) is 33.2. The molecule has 0 saturated carbocycles. The van der Waals surface area contributed by atoms with Gasteiger partial charge in [0.15, 0.2) is 0 Å². The van der Waals surface area contributed by atoms with Gasteiger partial charge in [-0.2, -0.15) is 0 Å². The highest BCUT2D eigenvalue weighted by atomic mass is 16.6. The Hall–Kier alpha value is -2.14. The minimum Gasteiger partial charge on any atom is -0.465 e. The van der Waals surface area contributed by atoms with Gasteiger partial charge in [-0.05, 0) is 25.5 Å². The Labute approximate surface area is 141 Å². The fourth-order valence-corrected chi connectivity index (χ4v) is 4.01. The number of nitrogens with zero attached hydrogens (tertiary/aromatic N) is 1. The number of hydrogen-bond donors (Lipinski definition) is 0. The average Bonchev–Trinajstić information content (AvgIpc) is 3.22. The molecule has 4 atom stereocenters. The summed E-state index contributed by atoms with van der Waals surface area (Å²) in [5.41, 5.74) is 1.29. The molecular weight excluding hydrogens is 306 g/mol. The molecule has 5 heteroatoms. The third-order valence-corrected chi connectivity index (χ3v) is 5.17. The van der Waals surface area contributed by atoms with E-state index in [1.165, 1.54) is 0 Å². The van der Waals surface area contributed by atoms with Gasteiger partial charge in [0, 0.05) is 5.69 Å². The molecule has 2 fully saturated rings. The van der Waals surface area contributed by atoms with Crippen molar-refractivity contribution in [3.05, 3.63) is 42.0 Å². The number of esters is 1. The largest absolute Gasteiger partial charge is 0.465 e. The molecule has 3 aliphatic heterocycles. The molecule has 2 saturated heterocycles. The lowest BCUT2D eigenvalue weighted by Gasteiger charge is -2.22. The first-order valence-electron chi connectivity index (χ1n) is 8.47. The van der Waals surface area contributed by atoms with Gasteiger partial charge in [-0.25, -0.2) is 0 Å². The first-order chi connectivity index (χ1) is 11.6. The van der Waals surface area contributed by atoms with E-state index in [9.17, 15) is 9.59 Å². The van der Waals surface area contributed by atoms with Crippen molar-refractivity contribution in [2.45, 2.75) is 32.0 Å². The number of ether oxygens (including phenoxy) is 2. The number of fused-ring (bicyclic) bond motifs is 1. The van der Waals surface area contributed by atoms with Crippen LogP contribution in [0.2, 0.25) is 0 Å². The van der Waals surface area contributed by atoms with Gasteiger partial charge in [-0.15, -0.1) is 0 Å². The van der Waals surface area contributed by atoms with Gasteiger partial charge in [-0.1, -0.05) is 36.8 Å². The van der Waals surface area contributed by atoms with Crippen molar-refractivity contribution in [2.24, 2.45) is 11.8 Å². The summed E-state index contributed by atoms with van der Waals surface area (Å²) < 4.78 is 11.4. The molecule has 1 unspecified atom stereocenters. The monoisotopic (exact) mass is 327 g/mol. The van der Waals surface area contributed by atoms with Gasteiger partial charge >= 0.3 is 5.97 Å². The zero-order chi connectivity index (χ0) is 16.9. The van der Waals surface area contributed by atoms with E-state index in [0.29, 0.717) is 13.2 Å². The zero-order valence-electron chi connectivity index (χ0n) is 13.9. The fourth-order valence-electron chi connectivity index (χ4n) is 4.01. The van der Waals surface area contributed by atoms with Gasteiger partial charge in [0.05, 0.1) is 25.2 Å². The van der Waals surface area contributed by atoms with E-state index in [0.717, 1.165) is 17.7 Å². The number of hydrogen-bond acceptors (Lipinski definition) is 4. The summed E-state index contributed by atoms with van der Waals surface area (Å²) in [5.74, 6) is -1.40. The molecule has 1 aromatic rings. The highest BCUT2D eigenvalue weighted by molar-refractivity contribution is 6.02. The maximum Gasteiger partial charge on any atom is 0.312 e. The standard InChI is InChI=1S/C19H21NO4/c1-3-10-23-18(22)15-14-8-9-19(24-14)11-20(17(21)16(15)19)13-6-4-12(2)5-7-13/h4-9,14-16H,3,10-11H2,1-2H3/t14-,15+,16-,19?/m1/s1. The summed E-state index contributed by atoms with van der Waals surface area (Å²) in [7, 11) is 0. The summed E-state index contributed by atoms with van der Waals surface area (Å²) >= 11 is 0. The molecule has 3 aliphatic rings. The van der Waals surface area contributed by atoms with Crippen LogP contribution in [0.15, 0.2) is 36.4 Å². The second-order valence-electron chi connectivity index (χ2n) is 6.83. The average molecular weight is 327 g/mol. The van der Waals surface area contributed by atoms with Crippen LogP contribution in [0.4, 0.5) is 5.69 Å². The molecule has 2 bridgehead atoms. The van der Waals surface area contributed by atoms with Crippen LogP contribution in [0.5, 0.6) is 0 Å². The molecule has 1 amide bonds. The van der Waals surface area contributed by atoms with E-state index in [1.54, 1.807) is 4.90 Å². The molecule has 126 valence electrons. The van der Waals surface area contributed by atoms with Crippen LogP contribution in [0, 0.1) is 18.8 Å². The van der Waals surface area contributed by atoms with Crippen molar-refractivity contribution in [3.8, 4) is 0 Å². The van der Waals surface area contributed by atoms with E-state index >= 15 is 0 Å². The van der Waals surface area contributed by atoms with Crippen molar-refractivity contribution in [1.82, 2.24) is 0 Å². The van der Waals surface area contributed by atoms with Gasteiger partial charge in [0.2, 0.25) is 5.91 Å². The molecule has 0 aromatic heterocycles. The summed E-state index contributed by atoms with van der Waals surface area (Å²) in [5, 5.41) is 0. The minimum absolute atomic E-state index is 0.0517. The Bertz CT molecular complexity index is 711. The smallest absolute Gasteiger partial charge is 0.312 e. The van der Waals surface area contributed by atoms with Crippen LogP contribution < -0.4 is 4.90 Å². The molecule has 4 rings (SSSR count). The highest BCUT2D eigenvalue weighted by Gasteiger charge is 2.67. The van der Waals surface area contributed by atoms with Crippen molar-refractivity contribution < 1.29 is 19.1 Å². The molecule has 24 heavy (non-hydrogen) atoms. The maximum atomic E-state index is 13.0. The summed E-state index contributed by atoms with van der Waals surface area (Å²) in [6.07, 6.45) is 4.28. The summed E-state index contributed by atoms with van der Waals surface area (Å²) in [4.78, 5) is 27.2. The quantitative estimate of drug-likeness (QED) is 0.629. The summed E-state index contributed by atoms with van der Waals surface area (Å²) in [6, 6.07) is 7.84. The van der Waals surface area contributed by atoms with Gasteiger partial charge < -0.3 is 14.4 Å². The number of carbonyl (C=O) groups excluding carboxylic acids is 2. The maximum absolute atomic E-state index is 13.0. The van der Waals surface area contributed by atoms with Crippen molar-refractivity contribution in [1.29, 1.82) is 0 Å². The van der Waals surface area contributed by atoms with E-state index in [2.05, 4.69) is 0 Å². The molecule has 0 aliphatic carbocycles. The topological polar surface area (TPSA) is 55.8 Å². The lowest BCUT2D eigenvalue weighted by atomic mass is 9.77. The number of carbonyl (C=O) groups is 2. The summed E-state index contributed by atoms with van der Waals surface area (Å²) in [6.45, 7) is 4.79. The van der Waals surface area contributed by atoms with Crippen LogP contribution in [-0.2, 0) is 19.1 Å². The van der Waals surface area contributed by atoms with Crippen LogP contribution in [-0.4, -0.2) is 36.7 Å². The van der Waals surface area contributed by atoms with Crippen molar-refractivity contribution in [2.75, 3.05) is 18.1 Å². The SMILES string of the molecule is CCCOC(=O)[C@H]1[C@H]2C=CC3(CN(c4ccc(C)cc4)C(=O)[C@@H]13)O2. The third kappa shape index (κ3) is 2.11. The number of aryl methyl sites for hydroxylation is 1. The number of anilines is 1. The molecule has 0 radical (unpaired) electrons. The minimum atomic E-state index is -0.692. The third-order valence-electron chi connectivity index (χ3n) is 5.17. The Morgan fingerprint density at radius 2 is 2.12 bits per heavy atom. The van der Waals surface area contributed by atoms with E-state index in [4.69, 9.17) is 9.47 Å². The molecule has 1 aromatic carbocycles. The van der Waals surface area contributed by atoms with Crippen molar-refractivity contribution >= 4 is 17.6 Å². The Morgan fingerprint density at radius 1 is 1.38 bits per heavy atom. The molecule has 3 heterocycles. The Kier molecular flexibility index (Phi) is 3.49. The van der Waals surface area contributed by atoms with Crippen molar-refractivity contribution in [3.63, 3.8) is 0 Å². The molecule has 1 spiro atoms. The van der Waals surface area contributed by atoms with E-state index < -0.39 is 17.4 Å². The van der Waals surface area contributed by atoms with Gasteiger partial charge in [0.1, 0.15) is 11.5 Å². The molecule has 0 N–H and O–H groups in total. The molecular formula is C19H21NO4. The second-order valence-corrected chi connectivity index (χ2v) is 6.83. The molecule has 5 nitrogen and oxygen atoms in total. The van der Waals surface area contributed by atoms with Gasteiger partial charge in [-0.3, -0.25) is 9.59 Å². The van der Waals surface area contributed by atoms with Crippen LogP contribution >= 0.6 is 0 Å². The number of benzene rings is 1. The number of rotatable bonds is 4. The van der Waals surface area contributed by atoms with Crippen LogP contribution in [0.3, 0.4) is 0 Å². The van der Waals surface area contributed by atoms with Crippen LogP contribution in [0.1, 0.15) is 18.9 Å². The highest BCUT2D eigenvalue weighted by Crippen LogP contribution is 2.52. The predicted molar refractivity (Wildman–Crippen MR) is 88.5 cm³/mol. The predicted octanol–water partition coefficient (Wildman–Crippen LogP) is 2.23. The first kappa shape index (κ1) is 15.4. The Balaban J connectivity index is 1.64. The lowest BCUT2D eigenvalue weighted by Crippen LogP contribution is -2.40.